The van der Waals surface area contributed by atoms with Gasteiger partial charge in [-0.2, -0.15) is 5.10 Å². The maximum absolute atomic E-state index is 12.0. The number of amides is 1. The summed E-state index contributed by atoms with van der Waals surface area (Å²) in [7, 11) is 0. The SMILES string of the molecule is CCOc1cc2c(cc1CNC(=O)c1ccn[nH]1)O[C@H](C)C2. The number of aromatic amines is 1. The number of carbonyl (C=O) groups excluding carboxylic acids is 1. The fourth-order valence-electron chi connectivity index (χ4n) is 2.56. The summed E-state index contributed by atoms with van der Waals surface area (Å²) in [6.07, 6.45) is 2.61. The fraction of sp³-hybridized carbons (Fsp3) is 0.375. The molecule has 1 amide bonds. The highest BCUT2D eigenvalue weighted by Gasteiger charge is 2.22. The summed E-state index contributed by atoms with van der Waals surface area (Å²) in [6.45, 7) is 4.94. The first kappa shape index (κ1) is 14.4. The Bertz CT molecular complexity index is 668. The van der Waals surface area contributed by atoms with Crippen LogP contribution in [0.25, 0.3) is 0 Å². The van der Waals surface area contributed by atoms with Crippen LogP contribution in [0.2, 0.25) is 0 Å². The second-order valence-corrected chi connectivity index (χ2v) is 5.29. The Morgan fingerprint density at radius 1 is 1.55 bits per heavy atom. The zero-order valence-electron chi connectivity index (χ0n) is 12.7. The third kappa shape index (κ3) is 2.90. The Hall–Kier alpha value is -2.50. The van der Waals surface area contributed by atoms with E-state index >= 15 is 0 Å². The summed E-state index contributed by atoms with van der Waals surface area (Å²) in [5, 5.41) is 9.27. The minimum absolute atomic E-state index is 0.180. The van der Waals surface area contributed by atoms with Gasteiger partial charge in [0.1, 0.15) is 23.3 Å². The van der Waals surface area contributed by atoms with Crippen molar-refractivity contribution in [1.29, 1.82) is 0 Å². The van der Waals surface area contributed by atoms with Crippen molar-refractivity contribution in [3.8, 4) is 11.5 Å². The molecule has 0 fully saturated rings. The zero-order chi connectivity index (χ0) is 15.5. The molecule has 1 aromatic carbocycles. The highest BCUT2D eigenvalue weighted by atomic mass is 16.5. The van der Waals surface area contributed by atoms with Crippen LogP contribution < -0.4 is 14.8 Å². The van der Waals surface area contributed by atoms with Gasteiger partial charge in [0.25, 0.3) is 5.91 Å². The Labute approximate surface area is 128 Å². The molecule has 1 aliphatic heterocycles. The highest BCUT2D eigenvalue weighted by molar-refractivity contribution is 5.92. The highest BCUT2D eigenvalue weighted by Crippen LogP contribution is 2.35. The lowest BCUT2D eigenvalue weighted by molar-refractivity contribution is 0.0945. The lowest BCUT2D eigenvalue weighted by atomic mass is 10.1. The third-order valence-corrected chi connectivity index (χ3v) is 3.56. The second kappa shape index (κ2) is 6.09. The largest absolute Gasteiger partial charge is 0.494 e. The van der Waals surface area contributed by atoms with E-state index in [1.54, 1.807) is 12.3 Å². The van der Waals surface area contributed by atoms with E-state index in [4.69, 9.17) is 9.47 Å². The number of ether oxygens (including phenoxy) is 2. The minimum Gasteiger partial charge on any atom is -0.494 e. The molecule has 0 spiro atoms. The number of carbonyl (C=O) groups is 1. The average molecular weight is 301 g/mol. The van der Waals surface area contributed by atoms with Crippen LogP contribution in [0.1, 0.15) is 35.5 Å². The lowest BCUT2D eigenvalue weighted by Crippen LogP contribution is -2.23. The molecule has 116 valence electrons. The first-order valence-corrected chi connectivity index (χ1v) is 7.40. The van der Waals surface area contributed by atoms with Crippen molar-refractivity contribution in [3.05, 3.63) is 41.2 Å². The van der Waals surface area contributed by atoms with Crippen molar-refractivity contribution in [2.24, 2.45) is 0 Å². The van der Waals surface area contributed by atoms with Crippen molar-refractivity contribution >= 4 is 5.91 Å². The van der Waals surface area contributed by atoms with Crippen molar-refractivity contribution in [2.75, 3.05) is 6.61 Å². The zero-order valence-corrected chi connectivity index (χ0v) is 12.7. The van der Waals surface area contributed by atoms with Gasteiger partial charge in [-0.05, 0) is 32.0 Å². The van der Waals surface area contributed by atoms with Crippen molar-refractivity contribution in [3.63, 3.8) is 0 Å². The average Bonchev–Trinajstić information content (AvgIpc) is 3.13. The van der Waals surface area contributed by atoms with Gasteiger partial charge in [0.15, 0.2) is 0 Å². The minimum atomic E-state index is -0.199. The smallest absolute Gasteiger partial charge is 0.269 e. The quantitative estimate of drug-likeness (QED) is 0.886. The van der Waals surface area contributed by atoms with E-state index in [0.717, 1.165) is 29.0 Å². The van der Waals surface area contributed by atoms with E-state index in [9.17, 15) is 4.79 Å². The van der Waals surface area contributed by atoms with Crippen molar-refractivity contribution < 1.29 is 14.3 Å². The summed E-state index contributed by atoms with van der Waals surface area (Å²) in [4.78, 5) is 12.0. The van der Waals surface area contributed by atoms with Gasteiger partial charge < -0.3 is 14.8 Å². The molecule has 22 heavy (non-hydrogen) atoms. The molecule has 1 aromatic heterocycles. The van der Waals surface area contributed by atoms with Crippen LogP contribution in [-0.2, 0) is 13.0 Å². The maximum atomic E-state index is 12.0. The first-order valence-electron chi connectivity index (χ1n) is 7.40. The summed E-state index contributed by atoms with van der Waals surface area (Å²) < 4.78 is 11.5. The molecule has 0 saturated carbocycles. The number of hydrogen-bond donors (Lipinski definition) is 2. The van der Waals surface area contributed by atoms with Gasteiger partial charge in [-0.25, -0.2) is 0 Å². The number of nitrogens with zero attached hydrogens (tertiary/aromatic N) is 1. The molecule has 0 aliphatic carbocycles. The van der Waals surface area contributed by atoms with Gasteiger partial charge in [-0.3, -0.25) is 9.89 Å². The number of benzene rings is 1. The molecule has 0 saturated heterocycles. The molecule has 1 atom stereocenters. The van der Waals surface area contributed by atoms with Crippen molar-refractivity contribution in [1.82, 2.24) is 15.5 Å². The standard InChI is InChI=1S/C16H19N3O3/c1-3-21-14-7-11-6-10(2)22-15(11)8-12(14)9-17-16(20)13-4-5-18-19-13/h4-5,7-8,10H,3,6,9H2,1-2H3,(H,17,20)(H,18,19)/t10-/m1/s1. The number of aromatic nitrogens is 2. The topological polar surface area (TPSA) is 76.2 Å². The maximum Gasteiger partial charge on any atom is 0.269 e. The van der Waals surface area contributed by atoms with E-state index in [1.807, 2.05) is 26.0 Å². The molecule has 0 unspecified atom stereocenters. The van der Waals surface area contributed by atoms with Crippen LogP contribution in [0.4, 0.5) is 0 Å². The summed E-state index contributed by atoms with van der Waals surface area (Å²) >= 11 is 0. The fourth-order valence-corrected chi connectivity index (χ4v) is 2.56. The Morgan fingerprint density at radius 3 is 3.14 bits per heavy atom. The molecule has 0 radical (unpaired) electrons. The second-order valence-electron chi connectivity index (χ2n) is 5.29. The van der Waals surface area contributed by atoms with E-state index < -0.39 is 0 Å². The molecule has 6 heteroatoms. The van der Waals surface area contributed by atoms with Crippen molar-refractivity contribution in [2.45, 2.75) is 32.9 Å². The number of nitrogens with one attached hydrogen (secondary N) is 2. The molecule has 2 N–H and O–H groups in total. The molecular formula is C16H19N3O3. The van der Waals surface area contributed by atoms with Gasteiger partial charge >= 0.3 is 0 Å². The van der Waals surface area contributed by atoms with Gasteiger partial charge in [-0.15, -0.1) is 0 Å². The Balaban J connectivity index is 1.77. The van der Waals surface area contributed by atoms with Crippen LogP contribution >= 0.6 is 0 Å². The molecule has 6 nitrogen and oxygen atoms in total. The monoisotopic (exact) mass is 301 g/mol. The summed E-state index contributed by atoms with van der Waals surface area (Å²) in [5.74, 6) is 1.47. The molecule has 2 aromatic rings. The molecule has 3 rings (SSSR count). The van der Waals surface area contributed by atoms with Crippen LogP contribution in [0.15, 0.2) is 24.4 Å². The number of fused-ring (bicyclic) bond motifs is 1. The van der Waals surface area contributed by atoms with Gasteiger partial charge in [0.2, 0.25) is 0 Å². The summed E-state index contributed by atoms with van der Waals surface area (Å²) in [6, 6.07) is 5.60. The predicted molar refractivity (Wildman–Crippen MR) is 81.2 cm³/mol. The predicted octanol–water partition coefficient (Wildman–Crippen LogP) is 2.06. The van der Waals surface area contributed by atoms with E-state index in [0.29, 0.717) is 18.8 Å². The Kier molecular flexibility index (Phi) is 4.00. The number of rotatable bonds is 5. The summed E-state index contributed by atoms with van der Waals surface area (Å²) in [5.41, 5.74) is 2.49. The Morgan fingerprint density at radius 2 is 2.41 bits per heavy atom. The van der Waals surface area contributed by atoms with Crippen LogP contribution in [0.3, 0.4) is 0 Å². The molecular weight excluding hydrogens is 282 g/mol. The van der Waals surface area contributed by atoms with Crippen LogP contribution in [-0.4, -0.2) is 28.8 Å². The van der Waals surface area contributed by atoms with Crippen LogP contribution in [0.5, 0.6) is 11.5 Å². The first-order chi connectivity index (χ1) is 10.7. The molecule has 2 heterocycles. The number of H-pyrrole nitrogens is 1. The third-order valence-electron chi connectivity index (χ3n) is 3.56. The van der Waals surface area contributed by atoms with Gasteiger partial charge in [0.05, 0.1) is 6.61 Å². The van der Waals surface area contributed by atoms with Gasteiger partial charge in [0, 0.05) is 30.3 Å². The van der Waals surface area contributed by atoms with E-state index in [-0.39, 0.29) is 12.0 Å². The molecule has 1 aliphatic rings. The number of hydrogen-bond acceptors (Lipinski definition) is 4. The van der Waals surface area contributed by atoms with Crippen LogP contribution in [0, 0.1) is 0 Å². The van der Waals surface area contributed by atoms with E-state index in [2.05, 4.69) is 15.5 Å². The van der Waals surface area contributed by atoms with Gasteiger partial charge in [-0.1, -0.05) is 0 Å². The molecule has 0 bridgehead atoms. The van der Waals surface area contributed by atoms with E-state index in [1.165, 1.54) is 0 Å². The normalized spacial score (nSPS) is 16.0. The lowest BCUT2D eigenvalue weighted by Gasteiger charge is -2.13.